The summed E-state index contributed by atoms with van der Waals surface area (Å²) in [6.07, 6.45) is 0.988. The van der Waals surface area contributed by atoms with E-state index >= 15 is 0 Å². The summed E-state index contributed by atoms with van der Waals surface area (Å²) < 4.78 is 13.5. The van der Waals surface area contributed by atoms with Gasteiger partial charge in [0, 0.05) is 36.5 Å². The molecule has 1 aromatic rings. The molecule has 0 N–H and O–H groups in total. The van der Waals surface area contributed by atoms with Gasteiger partial charge in [-0.1, -0.05) is 17.7 Å². The summed E-state index contributed by atoms with van der Waals surface area (Å²) in [6, 6.07) is 4.48. The van der Waals surface area contributed by atoms with Gasteiger partial charge in [0.1, 0.15) is 5.82 Å². The molecular formula is C12H14Cl2FNO. The number of nitrogens with zero attached hydrogens (tertiary/aromatic N) is 1. The predicted molar refractivity (Wildman–Crippen MR) is 67.8 cm³/mol. The Kier molecular flexibility index (Phi) is 5.72. The molecule has 0 fully saturated rings. The van der Waals surface area contributed by atoms with Crippen LogP contribution in [0, 0.1) is 5.82 Å². The van der Waals surface area contributed by atoms with E-state index in [4.69, 9.17) is 23.2 Å². The summed E-state index contributed by atoms with van der Waals surface area (Å²) in [5.74, 6) is -0.0144. The van der Waals surface area contributed by atoms with Crippen molar-refractivity contribution in [1.29, 1.82) is 0 Å². The number of benzene rings is 1. The summed E-state index contributed by atoms with van der Waals surface area (Å²) in [5, 5.41) is 0.335. The van der Waals surface area contributed by atoms with Gasteiger partial charge < -0.3 is 4.90 Å². The zero-order valence-electron chi connectivity index (χ0n) is 9.55. The molecule has 17 heavy (non-hydrogen) atoms. The Morgan fingerprint density at radius 3 is 2.76 bits per heavy atom. The summed E-state index contributed by atoms with van der Waals surface area (Å²) in [4.78, 5) is 13.1. The summed E-state index contributed by atoms with van der Waals surface area (Å²) in [6.45, 7) is 0.173. The largest absolute Gasteiger partial charge is 0.341 e. The Bertz CT molecular complexity index is 378. The topological polar surface area (TPSA) is 20.3 Å². The predicted octanol–water partition coefficient (Wildman–Crippen LogP) is 3.46. The molecule has 0 saturated carbocycles. The minimum Gasteiger partial charge on any atom is -0.341 e. The van der Waals surface area contributed by atoms with Gasteiger partial charge in [-0.25, -0.2) is 4.39 Å². The fraction of sp³-hybridized carbons (Fsp3) is 0.417. The number of amides is 1. The molecule has 1 rings (SSSR count). The Hall–Kier alpha value is -0.800. The van der Waals surface area contributed by atoms with Gasteiger partial charge in [0.2, 0.25) is 5.91 Å². The van der Waals surface area contributed by atoms with Crippen molar-refractivity contribution in [1.82, 2.24) is 4.90 Å². The maximum absolute atomic E-state index is 13.5. The lowest BCUT2D eigenvalue weighted by atomic mass is 10.2. The highest BCUT2D eigenvalue weighted by Crippen LogP contribution is 2.20. The number of hydrogen-bond donors (Lipinski definition) is 0. The third kappa shape index (κ3) is 4.17. The van der Waals surface area contributed by atoms with E-state index in [1.165, 1.54) is 17.0 Å². The number of halogens is 3. The minimum absolute atomic E-state index is 0.0648. The number of alkyl halides is 1. The first-order valence-electron chi connectivity index (χ1n) is 5.29. The van der Waals surface area contributed by atoms with Crippen molar-refractivity contribution in [2.45, 2.75) is 19.4 Å². The molecule has 0 atom stereocenters. The van der Waals surface area contributed by atoms with Crippen molar-refractivity contribution in [2.75, 3.05) is 12.9 Å². The highest BCUT2D eigenvalue weighted by molar-refractivity contribution is 6.31. The van der Waals surface area contributed by atoms with Crippen LogP contribution < -0.4 is 0 Å². The number of carbonyl (C=O) groups excluding carboxylic acids is 1. The van der Waals surface area contributed by atoms with Crippen LogP contribution in [0.3, 0.4) is 0 Å². The molecule has 0 saturated heterocycles. The smallest absolute Gasteiger partial charge is 0.222 e. The fourth-order valence-corrected chi connectivity index (χ4v) is 1.77. The average Bonchev–Trinajstić information content (AvgIpc) is 2.30. The molecule has 0 heterocycles. The van der Waals surface area contributed by atoms with Crippen LogP contribution in [0.25, 0.3) is 0 Å². The maximum Gasteiger partial charge on any atom is 0.222 e. The van der Waals surface area contributed by atoms with Gasteiger partial charge in [-0.15, -0.1) is 11.6 Å². The summed E-state index contributed by atoms with van der Waals surface area (Å²) in [7, 11) is 1.62. The van der Waals surface area contributed by atoms with Gasteiger partial charge in [-0.3, -0.25) is 4.79 Å². The van der Waals surface area contributed by atoms with Crippen LogP contribution in [0.1, 0.15) is 18.4 Å². The first-order valence-corrected chi connectivity index (χ1v) is 6.20. The van der Waals surface area contributed by atoms with Crippen LogP contribution >= 0.6 is 23.2 Å². The van der Waals surface area contributed by atoms with Crippen LogP contribution in [0.2, 0.25) is 5.02 Å². The molecule has 0 unspecified atom stereocenters. The molecule has 2 nitrogen and oxygen atoms in total. The van der Waals surface area contributed by atoms with Crippen LogP contribution in [-0.4, -0.2) is 23.7 Å². The van der Waals surface area contributed by atoms with Crippen molar-refractivity contribution < 1.29 is 9.18 Å². The zero-order valence-corrected chi connectivity index (χ0v) is 11.1. The molecule has 0 bridgehead atoms. The second-order valence-electron chi connectivity index (χ2n) is 3.74. The number of hydrogen-bond acceptors (Lipinski definition) is 1. The van der Waals surface area contributed by atoms with E-state index in [1.807, 2.05) is 0 Å². The molecule has 0 aliphatic carbocycles. The normalized spacial score (nSPS) is 10.4. The van der Waals surface area contributed by atoms with Crippen LogP contribution in [0.5, 0.6) is 0 Å². The number of carbonyl (C=O) groups is 1. The quantitative estimate of drug-likeness (QED) is 0.755. The highest BCUT2D eigenvalue weighted by Gasteiger charge is 2.13. The van der Waals surface area contributed by atoms with Gasteiger partial charge in [0.15, 0.2) is 0 Å². The van der Waals surface area contributed by atoms with Crippen LogP contribution in [-0.2, 0) is 11.3 Å². The Labute approximate surface area is 110 Å². The third-order valence-electron chi connectivity index (χ3n) is 2.41. The van der Waals surface area contributed by atoms with E-state index in [-0.39, 0.29) is 12.5 Å². The van der Waals surface area contributed by atoms with E-state index in [0.29, 0.717) is 29.3 Å². The second-order valence-corrected chi connectivity index (χ2v) is 4.53. The molecule has 94 valence electrons. The van der Waals surface area contributed by atoms with Gasteiger partial charge in [0.05, 0.1) is 0 Å². The Morgan fingerprint density at radius 2 is 2.18 bits per heavy atom. The first kappa shape index (κ1) is 14.3. The molecule has 0 aliphatic rings. The first-order chi connectivity index (χ1) is 8.06. The Balaban J connectivity index is 2.67. The fourth-order valence-electron chi connectivity index (χ4n) is 1.42. The molecule has 0 radical (unpaired) electrons. The van der Waals surface area contributed by atoms with Crippen molar-refractivity contribution in [3.8, 4) is 0 Å². The van der Waals surface area contributed by atoms with Gasteiger partial charge in [-0.05, 0) is 18.6 Å². The van der Waals surface area contributed by atoms with Crippen molar-refractivity contribution >= 4 is 29.1 Å². The van der Waals surface area contributed by atoms with E-state index in [2.05, 4.69) is 0 Å². The van der Waals surface area contributed by atoms with Crippen molar-refractivity contribution in [2.24, 2.45) is 0 Å². The van der Waals surface area contributed by atoms with E-state index < -0.39 is 5.82 Å². The standard InChI is InChI=1S/C12H14Cl2FNO/c1-16(12(17)6-3-7-13)8-9-10(14)4-2-5-11(9)15/h2,4-5H,3,6-8H2,1H3. The highest BCUT2D eigenvalue weighted by atomic mass is 35.5. The van der Waals surface area contributed by atoms with Gasteiger partial charge >= 0.3 is 0 Å². The zero-order chi connectivity index (χ0) is 12.8. The lowest BCUT2D eigenvalue weighted by molar-refractivity contribution is -0.130. The van der Waals surface area contributed by atoms with E-state index in [9.17, 15) is 9.18 Å². The summed E-state index contributed by atoms with van der Waals surface area (Å²) in [5.41, 5.74) is 0.343. The average molecular weight is 278 g/mol. The number of rotatable bonds is 5. The lowest BCUT2D eigenvalue weighted by Gasteiger charge is -2.18. The van der Waals surface area contributed by atoms with Crippen molar-refractivity contribution in [3.05, 3.63) is 34.6 Å². The molecule has 0 aliphatic heterocycles. The molecule has 0 aromatic heterocycles. The molecule has 1 amide bonds. The molecule has 5 heteroatoms. The Morgan fingerprint density at radius 1 is 1.47 bits per heavy atom. The van der Waals surface area contributed by atoms with Crippen LogP contribution in [0.4, 0.5) is 4.39 Å². The van der Waals surface area contributed by atoms with Gasteiger partial charge in [0.25, 0.3) is 0 Å². The maximum atomic E-state index is 13.5. The van der Waals surface area contributed by atoms with E-state index in [1.54, 1.807) is 13.1 Å². The van der Waals surface area contributed by atoms with Crippen molar-refractivity contribution in [3.63, 3.8) is 0 Å². The minimum atomic E-state index is -0.394. The van der Waals surface area contributed by atoms with Gasteiger partial charge in [-0.2, -0.15) is 0 Å². The van der Waals surface area contributed by atoms with Crippen LogP contribution in [0.15, 0.2) is 18.2 Å². The van der Waals surface area contributed by atoms with E-state index in [0.717, 1.165) is 0 Å². The molecule has 0 spiro atoms. The third-order valence-corrected chi connectivity index (χ3v) is 3.03. The summed E-state index contributed by atoms with van der Waals surface area (Å²) >= 11 is 11.4. The molecular weight excluding hydrogens is 264 g/mol. The SMILES string of the molecule is CN(Cc1c(F)cccc1Cl)C(=O)CCCCl. The second kappa shape index (κ2) is 6.82. The monoisotopic (exact) mass is 277 g/mol. The molecule has 1 aromatic carbocycles. The lowest BCUT2D eigenvalue weighted by Crippen LogP contribution is -2.26.